The molecule has 1 aromatic rings. The predicted octanol–water partition coefficient (Wildman–Crippen LogP) is 5.00. The lowest BCUT2D eigenvalue weighted by Gasteiger charge is -2.27. The molecule has 1 nitrogen and oxygen atoms in total. The van der Waals surface area contributed by atoms with E-state index in [0.29, 0.717) is 11.7 Å². The van der Waals surface area contributed by atoms with Crippen LogP contribution in [0.15, 0.2) is 40.1 Å². The fourth-order valence-electron chi connectivity index (χ4n) is 3.86. The average molecular weight is 316 g/mol. The maximum atomic E-state index is 13.1. The number of hydrogen-bond acceptors (Lipinski definition) is 3. The standard InChI is InChI=1S/C18H20OS2/c19-16-14(17-20-10-5-11-21-17)8-4-9-18(16)12-15(18)13-6-2-1-3-7-13/h1-3,6-7,15H,4-5,8-12H2/t15-,18+/m0/s1. The summed E-state index contributed by atoms with van der Waals surface area (Å²) in [5.41, 5.74) is 2.50. The van der Waals surface area contributed by atoms with E-state index in [1.165, 1.54) is 39.7 Å². The average Bonchev–Trinajstić information content (AvgIpc) is 3.27. The van der Waals surface area contributed by atoms with Crippen LogP contribution in [0.3, 0.4) is 0 Å². The lowest BCUT2D eigenvalue weighted by atomic mass is 9.79. The van der Waals surface area contributed by atoms with Gasteiger partial charge in [0.25, 0.3) is 0 Å². The molecule has 4 rings (SSSR count). The lowest BCUT2D eigenvalue weighted by molar-refractivity contribution is -0.122. The Morgan fingerprint density at radius 2 is 1.81 bits per heavy atom. The van der Waals surface area contributed by atoms with Crippen molar-refractivity contribution in [1.29, 1.82) is 0 Å². The molecule has 2 atom stereocenters. The summed E-state index contributed by atoms with van der Waals surface area (Å²) in [5.74, 6) is 3.34. The van der Waals surface area contributed by atoms with Crippen LogP contribution in [0.1, 0.15) is 43.6 Å². The fraction of sp³-hybridized carbons (Fsp3) is 0.500. The summed E-state index contributed by atoms with van der Waals surface area (Å²) in [7, 11) is 0. The van der Waals surface area contributed by atoms with Gasteiger partial charge in [-0.25, -0.2) is 0 Å². The largest absolute Gasteiger partial charge is 0.294 e. The van der Waals surface area contributed by atoms with Gasteiger partial charge < -0.3 is 0 Å². The van der Waals surface area contributed by atoms with E-state index in [1.54, 1.807) is 0 Å². The van der Waals surface area contributed by atoms with Crippen molar-refractivity contribution in [1.82, 2.24) is 0 Å². The van der Waals surface area contributed by atoms with Gasteiger partial charge in [-0.3, -0.25) is 4.79 Å². The van der Waals surface area contributed by atoms with Gasteiger partial charge in [-0.1, -0.05) is 30.3 Å². The highest BCUT2D eigenvalue weighted by Crippen LogP contribution is 2.66. The van der Waals surface area contributed by atoms with E-state index in [9.17, 15) is 4.79 Å². The molecule has 0 unspecified atom stereocenters. The summed E-state index contributed by atoms with van der Waals surface area (Å²) >= 11 is 3.84. The highest BCUT2D eigenvalue weighted by atomic mass is 32.2. The molecule has 0 N–H and O–H groups in total. The van der Waals surface area contributed by atoms with Gasteiger partial charge in [-0.2, -0.15) is 0 Å². The molecule has 3 fully saturated rings. The number of Topliss-reactive ketones (excluding diaryl/α,β-unsaturated/α-hetero) is 1. The first-order valence-corrected chi connectivity index (χ1v) is 9.87. The molecule has 3 aliphatic rings. The van der Waals surface area contributed by atoms with Gasteiger partial charge in [0.05, 0.1) is 0 Å². The zero-order chi connectivity index (χ0) is 14.3. The van der Waals surface area contributed by atoms with Crippen LogP contribution < -0.4 is 0 Å². The van der Waals surface area contributed by atoms with E-state index in [-0.39, 0.29) is 5.41 Å². The summed E-state index contributed by atoms with van der Waals surface area (Å²) in [6, 6.07) is 10.6. The first-order valence-electron chi connectivity index (χ1n) is 7.90. The molecule has 3 heteroatoms. The van der Waals surface area contributed by atoms with Crippen LogP contribution in [0.5, 0.6) is 0 Å². The molecule has 0 amide bonds. The second-order valence-electron chi connectivity index (χ2n) is 6.32. The number of thioether (sulfide) groups is 2. The van der Waals surface area contributed by atoms with E-state index in [4.69, 9.17) is 0 Å². The first-order chi connectivity index (χ1) is 10.3. The van der Waals surface area contributed by atoms with E-state index in [2.05, 4.69) is 30.3 Å². The minimum atomic E-state index is -0.0412. The highest BCUT2D eigenvalue weighted by Gasteiger charge is 2.61. The second-order valence-corrected chi connectivity index (χ2v) is 8.79. The van der Waals surface area contributed by atoms with E-state index in [0.717, 1.165) is 19.3 Å². The van der Waals surface area contributed by atoms with Crippen LogP contribution in [-0.4, -0.2) is 17.3 Å². The molecule has 1 heterocycles. The smallest absolute Gasteiger partial charge is 0.167 e. The predicted molar refractivity (Wildman–Crippen MR) is 91.7 cm³/mol. The first kappa shape index (κ1) is 14.0. The Morgan fingerprint density at radius 3 is 2.57 bits per heavy atom. The van der Waals surface area contributed by atoms with Crippen LogP contribution in [0.2, 0.25) is 0 Å². The van der Waals surface area contributed by atoms with Crippen LogP contribution in [0, 0.1) is 5.41 Å². The summed E-state index contributed by atoms with van der Waals surface area (Å²) in [5, 5.41) is 0. The number of benzene rings is 1. The van der Waals surface area contributed by atoms with Gasteiger partial charge in [-0.05, 0) is 55.1 Å². The van der Waals surface area contributed by atoms with Crippen LogP contribution >= 0.6 is 23.5 Å². The normalized spacial score (nSPS) is 32.6. The summed E-state index contributed by atoms with van der Waals surface area (Å²) in [6.45, 7) is 0. The SMILES string of the molecule is O=C1C(=C2SCCCS2)CCC[C@]12C[C@H]2c1ccccc1. The van der Waals surface area contributed by atoms with Crippen molar-refractivity contribution in [2.45, 2.75) is 38.0 Å². The molecule has 1 spiro atoms. The Hall–Kier alpha value is -0.670. The maximum Gasteiger partial charge on any atom is 0.167 e. The topological polar surface area (TPSA) is 17.1 Å². The van der Waals surface area contributed by atoms with Crippen molar-refractivity contribution < 1.29 is 4.79 Å². The Labute approximate surface area is 135 Å². The zero-order valence-corrected chi connectivity index (χ0v) is 13.8. The lowest BCUT2D eigenvalue weighted by Crippen LogP contribution is -2.25. The third kappa shape index (κ3) is 2.39. The van der Waals surface area contributed by atoms with Crippen molar-refractivity contribution in [2.24, 2.45) is 5.41 Å². The van der Waals surface area contributed by atoms with Crippen molar-refractivity contribution in [3.8, 4) is 0 Å². The molecule has 0 aromatic heterocycles. The van der Waals surface area contributed by atoms with E-state index >= 15 is 0 Å². The number of rotatable bonds is 1. The quantitative estimate of drug-likeness (QED) is 0.679. The van der Waals surface area contributed by atoms with Gasteiger partial charge in [0.15, 0.2) is 5.78 Å². The molecule has 110 valence electrons. The van der Waals surface area contributed by atoms with Crippen molar-refractivity contribution in [3.05, 3.63) is 45.7 Å². The second kappa shape index (κ2) is 5.51. The summed E-state index contributed by atoms with van der Waals surface area (Å²) < 4.78 is 1.35. The monoisotopic (exact) mass is 316 g/mol. The molecule has 21 heavy (non-hydrogen) atoms. The summed E-state index contributed by atoms with van der Waals surface area (Å²) in [6.07, 6.45) is 5.64. The molecular formula is C18H20OS2. The number of allylic oxidation sites excluding steroid dienone is 1. The molecule has 1 saturated heterocycles. The Balaban J connectivity index is 1.62. The fourth-order valence-corrected chi connectivity index (χ4v) is 6.56. The minimum Gasteiger partial charge on any atom is -0.294 e. The molecule has 2 saturated carbocycles. The van der Waals surface area contributed by atoms with Gasteiger partial charge in [0, 0.05) is 15.2 Å². The van der Waals surface area contributed by atoms with Gasteiger partial charge in [0.1, 0.15) is 0 Å². The number of carbonyl (C=O) groups excluding carboxylic acids is 1. The van der Waals surface area contributed by atoms with Crippen molar-refractivity contribution in [2.75, 3.05) is 11.5 Å². The molecule has 1 aromatic carbocycles. The van der Waals surface area contributed by atoms with E-state index < -0.39 is 0 Å². The Kier molecular flexibility index (Phi) is 3.66. The molecule has 1 aliphatic heterocycles. The molecular weight excluding hydrogens is 296 g/mol. The van der Waals surface area contributed by atoms with Crippen LogP contribution in [0.4, 0.5) is 0 Å². The van der Waals surface area contributed by atoms with E-state index in [1.807, 2.05) is 23.5 Å². The number of carbonyl (C=O) groups is 1. The van der Waals surface area contributed by atoms with Crippen LogP contribution in [0.25, 0.3) is 0 Å². The number of hydrogen-bond donors (Lipinski definition) is 0. The van der Waals surface area contributed by atoms with Gasteiger partial charge in [0.2, 0.25) is 0 Å². The molecule has 0 bridgehead atoms. The third-order valence-electron chi connectivity index (χ3n) is 5.05. The maximum absolute atomic E-state index is 13.1. The number of ketones is 1. The Morgan fingerprint density at radius 1 is 1.05 bits per heavy atom. The highest BCUT2D eigenvalue weighted by molar-refractivity contribution is 8.22. The zero-order valence-electron chi connectivity index (χ0n) is 12.1. The minimum absolute atomic E-state index is 0.0412. The molecule has 2 aliphatic carbocycles. The molecule has 0 radical (unpaired) electrons. The Bertz CT molecular complexity index is 584. The van der Waals surface area contributed by atoms with Gasteiger partial charge >= 0.3 is 0 Å². The van der Waals surface area contributed by atoms with Crippen molar-refractivity contribution >= 4 is 29.3 Å². The van der Waals surface area contributed by atoms with Gasteiger partial charge in [-0.15, -0.1) is 23.5 Å². The summed E-state index contributed by atoms with van der Waals surface area (Å²) in [4.78, 5) is 13.1. The third-order valence-corrected chi connectivity index (χ3v) is 7.76. The van der Waals surface area contributed by atoms with Crippen LogP contribution in [-0.2, 0) is 4.79 Å². The van der Waals surface area contributed by atoms with Crippen molar-refractivity contribution in [3.63, 3.8) is 0 Å².